The maximum atomic E-state index is 12.7. The van der Waals surface area contributed by atoms with Gasteiger partial charge in [-0.2, -0.15) is 0 Å². The van der Waals surface area contributed by atoms with E-state index in [1.165, 1.54) is 43.6 Å². The zero-order valence-electron chi connectivity index (χ0n) is 9.68. The van der Waals surface area contributed by atoms with E-state index < -0.39 is 0 Å². The summed E-state index contributed by atoms with van der Waals surface area (Å²) in [5.41, 5.74) is 0.948. The second-order valence-corrected chi connectivity index (χ2v) is 3.55. The molecule has 0 fully saturated rings. The third-order valence-corrected chi connectivity index (χ3v) is 2.31. The fourth-order valence-corrected chi connectivity index (χ4v) is 1.40. The lowest BCUT2D eigenvalue weighted by Gasteiger charge is -2.06. The van der Waals surface area contributed by atoms with E-state index in [0.29, 0.717) is 17.1 Å². The molecule has 0 aliphatic heterocycles. The number of halogens is 1. The second-order valence-electron chi connectivity index (χ2n) is 3.55. The molecule has 2 aromatic rings. The molecule has 18 heavy (non-hydrogen) atoms. The number of hydrogen-bond acceptors (Lipinski definition) is 3. The van der Waals surface area contributed by atoms with Crippen molar-refractivity contribution in [2.24, 2.45) is 0 Å². The lowest BCUT2D eigenvalue weighted by molar-refractivity contribution is 0.102. The Bertz CT molecular complexity index is 555. The molecule has 0 aliphatic carbocycles. The number of carbonyl (C=O) groups excluding carboxylic acids is 1. The summed E-state index contributed by atoms with van der Waals surface area (Å²) in [5, 5.41) is 2.65. The van der Waals surface area contributed by atoms with Crippen molar-refractivity contribution in [2.75, 3.05) is 12.4 Å². The number of hydrogen-bond donors (Lipinski definition) is 1. The molecule has 2 rings (SSSR count). The summed E-state index contributed by atoms with van der Waals surface area (Å²) in [7, 11) is 1.48. The topological polar surface area (TPSA) is 51.2 Å². The van der Waals surface area contributed by atoms with Gasteiger partial charge < -0.3 is 10.1 Å². The number of rotatable bonds is 3. The van der Waals surface area contributed by atoms with Crippen molar-refractivity contribution in [2.45, 2.75) is 0 Å². The molecule has 0 atom stereocenters. The van der Waals surface area contributed by atoms with E-state index in [4.69, 9.17) is 4.74 Å². The maximum absolute atomic E-state index is 12.7. The molecule has 0 bridgehead atoms. The number of ether oxygens (including phenoxy) is 1. The number of carbonyl (C=O) groups is 1. The summed E-state index contributed by atoms with van der Waals surface area (Å²) in [4.78, 5) is 15.8. The van der Waals surface area contributed by atoms with Gasteiger partial charge >= 0.3 is 0 Å². The van der Waals surface area contributed by atoms with Gasteiger partial charge in [0.2, 0.25) is 5.88 Å². The summed E-state index contributed by atoms with van der Waals surface area (Å²) in [6.45, 7) is 0. The van der Waals surface area contributed by atoms with Gasteiger partial charge in [-0.25, -0.2) is 9.37 Å². The Morgan fingerprint density at radius 2 is 2.00 bits per heavy atom. The van der Waals surface area contributed by atoms with Crippen LogP contribution in [0.1, 0.15) is 10.4 Å². The number of pyridine rings is 1. The highest BCUT2D eigenvalue weighted by molar-refractivity contribution is 6.04. The molecule has 1 aromatic carbocycles. The van der Waals surface area contributed by atoms with Gasteiger partial charge in [-0.3, -0.25) is 4.79 Å². The first kappa shape index (κ1) is 12.0. The maximum Gasteiger partial charge on any atom is 0.255 e. The first-order valence-corrected chi connectivity index (χ1v) is 5.26. The Morgan fingerprint density at radius 3 is 2.67 bits per heavy atom. The van der Waals surface area contributed by atoms with Crippen LogP contribution in [-0.2, 0) is 0 Å². The number of amides is 1. The molecule has 0 unspecified atom stereocenters. The van der Waals surface area contributed by atoms with E-state index in [9.17, 15) is 9.18 Å². The zero-order valence-corrected chi connectivity index (χ0v) is 9.68. The van der Waals surface area contributed by atoms with Crippen molar-refractivity contribution in [1.29, 1.82) is 0 Å². The minimum Gasteiger partial charge on any atom is -0.481 e. The third kappa shape index (κ3) is 2.82. The van der Waals surface area contributed by atoms with Crippen LogP contribution in [0, 0.1) is 5.82 Å². The van der Waals surface area contributed by atoms with Crippen LogP contribution in [0.5, 0.6) is 5.88 Å². The highest BCUT2D eigenvalue weighted by atomic mass is 19.1. The van der Waals surface area contributed by atoms with Gasteiger partial charge in [0.05, 0.1) is 7.11 Å². The number of benzene rings is 1. The molecule has 0 saturated heterocycles. The van der Waals surface area contributed by atoms with E-state index in [1.807, 2.05) is 0 Å². The first-order valence-electron chi connectivity index (χ1n) is 5.26. The predicted octanol–water partition coefficient (Wildman–Crippen LogP) is 2.48. The Balaban J connectivity index is 2.14. The molecular weight excluding hydrogens is 235 g/mol. The lowest BCUT2D eigenvalue weighted by Crippen LogP contribution is -2.12. The Hall–Kier alpha value is -2.43. The number of aromatic nitrogens is 1. The van der Waals surface area contributed by atoms with Crippen LogP contribution in [0.4, 0.5) is 10.1 Å². The Morgan fingerprint density at radius 1 is 1.28 bits per heavy atom. The molecule has 1 heterocycles. The molecule has 0 saturated carbocycles. The smallest absolute Gasteiger partial charge is 0.255 e. The fourth-order valence-electron chi connectivity index (χ4n) is 1.40. The Labute approximate surface area is 103 Å². The third-order valence-electron chi connectivity index (χ3n) is 2.31. The molecule has 0 radical (unpaired) electrons. The highest BCUT2D eigenvalue weighted by Crippen LogP contribution is 2.13. The fraction of sp³-hybridized carbons (Fsp3) is 0.0769. The van der Waals surface area contributed by atoms with Crippen molar-refractivity contribution >= 4 is 11.6 Å². The first-order chi connectivity index (χ1) is 8.69. The molecule has 5 heteroatoms. The number of methoxy groups -OCH3 is 1. The molecule has 4 nitrogen and oxygen atoms in total. The molecule has 1 amide bonds. The van der Waals surface area contributed by atoms with Crippen LogP contribution in [0.25, 0.3) is 0 Å². The van der Waals surface area contributed by atoms with E-state index in [1.54, 1.807) is 6.07 Å². The van der Waals surface area contributed by atoms with Gasteiger partial charge in [-0.1, -0.05) is 0 Å². The normalized spacial score (nSPS) is 9.89. The van der Waals surface area contributed by atoms with Crippen LogP contribution in [0.15, 0.2) is 42.6 Å². The zero-order chi connectivity index (χ0) is 13.0. The standard InChI is InChI=1S/C13H11FN2O2/c1-18-12-8-9(6-7-15-12)13(17)16-11-4-2-10(14)3-5-11/h2-8H,1H3,(H,16,17). The van der Waals surface area contributed by atoms with Crippen LogP contribution < -0.4 is 10.1 Å². The van der Waals surface area contributed by atoms with Gasteiger partial charge in [0.15, 0.2) is 0 Å². The van der Waals surface area contributed by atoms with Crippen LogP contribution in [-0.4, -0.2) is 18.0 Å². The van der Waals surface area contributed by atoms with Gasteiger partial charge in [0.25, 0.3) is 5.91 Å². The summed E-state index contributed by atoms with van der Waals surface area (Å²) < 4.78 is 17.6. The second kappa shape index (κ2) is 5.27. The van der Waals surface area contributed by atoms with Crippen LogP contribution in [0.2, 0.25) is 0 Å². The van der Waals surface area contributed by atoms with Gasteiger partial charge in [-0.15, -0.1) is 0 Å². The number of anilines is 1. The molecule has 1 aromatic heterocycles. The minimum absolute atomic E-state index is 0.303. The van der Waals surface area contributed by atoms with E-state index in [2.05, 4.69) is 10.3 Å². The molecule has 1 N–H and O–H groups in total. The summed E-state index contributed by atoms with van der Waals surface area (Å²) in [5.74, 6) is -0.289. The summed E-state index contributed by atoms with van der Waals surface area (Å²) >= 11 is 0. The summed E-state index contributed by atoms with van der Waals surface area (Å²) in [6.07, 6.45) is 1.48. The van der Waals surface area contributed by atoms with Crippen molar-refractivity contribution in [1.82, 2.24) is 4.98 Å². The summed E-state index contributed by atoms with van der Waals surface area (Å²) in [6, 6.07) is 8.64. The monoisotopic (exact) mass is 246 g/mol. The van der Waals surface area contributed by atoms with E-state index in [0.717, 1.165) is 0 Å². The van der Waals surface area contributed by atoms with Crippen LogP contribution in [0.3, 0.4) is 0 Å². The number of nitrogens with one attached hydrogen (secondary N) is 1. The van der Waals surface area contributed by atoms with Crippen molar-refractivity contribution in [3.05, 3.63) is 54.0 Å². The van der Waals surface area contributed by atoms with Crippen LogP contribution >= 0.6 is 0 Å². The lowest BCUT2D eigenvalue weighted by atomic mass is 10.2. The van der Waals surface area contributed by atoms with E-state index in [-0.39, 0.29) is 11.7 Å². The molecule has 0 spiro atoms. The molecule has 0 aliphatic rings. The van der Waals surface area contributed by atoms with Gasteiger partial charge in [-0.05, 0) is 30.3 Å². The van der Waals surface area contributed by atoms with Gasteiger partial charge in [0, 0.05) is 23.5 Å². The quantitative estimate of drug-likeness (QED) is 0.905. The molecular formula is C13H11FN2O2. The average molecular weight is 246 g/mol. The van der Waals surface area contributed by atoms with E-state index >= 15 is 0 Å². The van der Waals surface area contributed by atoms with Gasteiger partial charge in [0.1, 0.15) is 5.82 Å². The Kier molecular flexibility index (Phi) is 3.52. The predicted molar refractivity (Wildman–Crippen MR) is 65.1 cm³/mol. The SMILES string of the molecule is COc1cc(C(=O)Nc2ccc(F)cc2)ccn1. The van der Waals surface area contributed by atoms with Crippen molar-refractivity contribution in [3.8, 4) is 5.88 Å². The highest BCUT2D eigenvalue weighted by Gasteiger charge is 2.07. The largest absolute Gasteiger partial charge is 0.481 e. The molecule has 92 valence electrons. The van der Waals surface area contributed by atoms with Crippen molar-refractivity contribution < 1.29 is 13.9 Å². The van der Waals surface area contributed by atoms with Crippen molar-refractivity contribution in [3.63, 3.8) is 0 Å². The number of nitrogens with zero attached hydrogens (tertiary/aromatic N) is 1. The minimum atomic E-state index is -0.349. The average Bonchev–Trinajstić information content (AvgIpc) is 2.41.